The van der Waals surface area contributed by atoms with Crippen LogP contribution in [-0.2, 0) is 19.6 Å². The molecule has 4 atom stereocenters. The number of carbonyl (C=O) groups excluding carboxylic acids is 2. The fraction of sp³-hybridized carbons (Fsp3) is 0.429. The fourth-order valence-electron chi connectivity index (χ4n) is 5.90. The van der Waals surface area contributed by atoms with Crippen molar-refractivity contribution in [1.29, 1.82) is 0 Å². The Kier molecular flexibility index (Phi) is 12.8. The first-order valence-electron chi connectivity index (χ1n) is 16.1. The maximum absolute atomic E-state index is 13.9. The lowest BCUT2D eigenvalue weighted by Gasteiger charge is -2.33. The van der Waals surface area contributed by atoms with Gasteiger partial charge in [0.25, 0.3) is 0 Å². The van der Waals surface area contributed by atoms with Crippen molar-refractivity contribution < 1.29 is 22.7 Å². The van der Waals surface area contributed by atoms with Crippen LogP contribution in [0.5, 0.6) is 0 Å². The maximum Gasteiger partial charge on any atom is 0.407 e. The van der Waals surface area contributed by atoms with Crippen molar-refractivity contribution in [1.82, 2.24) is 25.6 Å². The molecule has 1 heterocycles. The van der Waals surface area contributed by atoms with Gasteiger partial charge in [-0.15, -0.1) is 0 Å². The molecule has 47 heavy (non-hydrogen) atoms. The van der Waals surface area contributed by atoms with E-state index in [2.05, 4.69) is 35.1 Å². The third-order valence-corrected chi connectivity index (χ3v) is 10.4. The van der Waals surface area contributed by atoms with Crippen LogP contribution in [0.4, 0.5) is 10.5 Å². The second kappa shape index (κ2) is 16.7. The molecule has 12 heteroatoms. The van der Waals surface area contributed by atoms with E-state index in [0.29, 0.717) is 44.2 Å². The minimum atomic E-state index is -3.80. The van der Waals surface area contributed by atoms with Crippen molar-refractivity contribution in [3.05, 3.63) is 96.1 Å². The molecule has 6 N–H and O–H groups in total. The zero-order valence-electron chi connectivity index (χ0n) is 27.6. The normalized spacial score (nSPS) is 17.9. The lowest BCUT2D eigenvalue weighted by Crippen LogP contribution is -2.56. The van der Waals surface area contributed by atoms with E-state index in [1.165, 1.54) is 7.11 Å². The number of nitrogen functional groups attached to an aromatic ring is 1. The number of nitrogens with one attached hydrogen (secondary N) is 4. The summed E-state index contributed by atoms with van der Waals surface area (Å²) < 4.78 is 34.3. The van der Waals surface area contributed by atoms with Gasteiger partial charge in [-0.05, 0) is 54.7 Å². The summed E-state index contributed by atoms with van der Waals surface area (Å²) in [4.78, 5) is 26.6. The van der Waals surface area contributed by atoms with Gasteiger partial charge in [0.05, 0.1) is 18.0 Å². The van der Waals surface area contributed by atoms with Crippen LogP contribution >= 0.6 is 0 Å². The molecule has 1 saturated heterocycles. The topological polar surface area (TPSA) is 155 Å². The summed E-state index contributed by atoms with van der Waals surface area (Å²) >= 11 is 0. The monoisotopic (exact) mass is 664 g/mol. The second-order valence-electron chi connectivity index (χ2n) is 12.4. The van der Waals surface area contributed by atoms with Crippen LogP contribution < -0.4 is 27.0 Å². The number of sulfonamides is 1. The number of nitrogens with zero attached hydrogens (tertiary/aromatic N) is 1. The van der Waals surface area contributed by atoms with Crippen LogP contribution in [0.3, 0.4) is 0 Å². The van der Waals surface area contributed by atoms with Crippen LogP contribution in [0, 0.1) is 5.92 Å². The summed E-state index contributed by atoms with van der Waals surface area (Å²) in [6.45, 7) is 7.83. The Morgan fingerprint density at radius 1 is 0.915 bits per heavy atom. The molecule has 4 rings (SSSR count). The first-order chi connectivity index (χ1) is 22.5. The molecular formula is C35H48N6O5S. The van der Waals surface area contributed by atoms with E-state index in [-0.39, 0.29) is 28.9 Å². The molecule has 1 aliphatic rings. The Bertz CT molecular complexity index is 1500. The maximum atomic E-state index is 13.9. The van der Waals surface area contributed by atoms with Crippen LogP contribution in [0.15, 0.2) is 89.8 Å². The van der Waals surface area contributed by atoms with Gasteiger partial charge in [0.1, 0.15) is 6.04 Å². The van der Waals surface area contributed by atoms with E-state index in [9.17, 15) is 18.0 Å². The molecule has 11 nitrogen and oxygen atoms in total. The van der Waals surface area contributed by atoms with E-state index in [4.69, 9.17) is 10.5 Å². The number of nitrogens with two attached hydrogens (primary N) is 1. The van der Waals surface area contributed by atoms with Gasteiger partial charge >= 0.3 is 6.09 Å². The molecule has 3 aromatic carbocycles. The zero-order valence-corrected chi connectivity index (χ0v) is 28.4. The number of carbonyl (C=O) groups is 2. The first-order valence-corrected chi connectivity index (χ1v) is 17.5. The molecule has 2 amide bonds. The Morgan fingerprint density at radius 3 is 2.06 bits per heavy atom. The standard InChI is InChI=1S/C35H48N6O5S/c1-24(2)19-20-41(47(44,45)29-17-15-28(36)16-18-29)31-23-37-22-30(31)38-21-25(3)39-34(42)33(40-35(43)46-4)32(26-11-7-5-8-12-26)27-13-9-6-10-14-27/h5-18,24-25,30-33,37-38H,19-23,36H2,1-4H3,(H,39,42)(H,40,43)/t25?,30-,31-,33+/m1/s1. The SMILES string of the molecule is COC(=O)N[C@H](C(=O)NC(C)CN[C@@H]1CNC[C@H]1N(CCC(C)C)S(=O)(=O)c1ccc(N)cc1)C(c1ccccc1)c1ccccc1. The van der Waals surface area contributed by atoms with Gasteiger partial charge in [-0.1, -0.05) is 74.5 Å². The number of hydrogen-bond acceptors (Lipinski definition) is 8. The molecule has 1 aliphatic heterocycles. The molecule has 0 spiro atoms. The van der Waals surface area contributed by atoms with Gasteiger partial charge in [-0.25, -0.2) is 13.2 Å². The van der Waals surface area contributed by atoms with Gasteiger partial charge in [0.15, 0.2) is 0 Å². The highest BCUT2D eigenvalue weighted by molar-refractivity contribution is 7.89. The Labute approximate surface area is 278 Å². The first kappa shape index (κ1) is 35.9. The third kappa shape index (κ3) is 9.54. The highest BCUT2D eigenvalue weighted by atomic mass is 32.2. The largest absolute Gasteiger partial charge is 0.453 e. The van der Waals surface area contributed by atoms with Gasteiger partial charge in [0.2, 0.25) is 15.9 Å². The number of methoxy groups -OCH3 is 1. The zero-order chi connectivity index (χ0) is 34.0. The van der Waals surface area contributed by atoms with Crippen LogP contribution in [0.1, 0.15) is 44.2 Å². The van der Waals surface area contributed by atoms with E-state index < -0.39 is 28.1 Å². The minimum Gasteiger partial charge on any atom is -0.453 e. The molecule has 1 fully saturated rings. The van der Waals surface area contributed by atoms with Crippen molar-refractivity contribution in [3.8, 4) is 0 Å². The van der Waals surface area contributed by atoms with Crippen molar-refractivity contribution >= 4 is 27.7 Å². The van der Waals surface area contributed by atoms with E-state index in [1.807, 2.05) is 67.6 Å². The van der Waals surface area contributed by atoms with E-state index >= 15 is 0 Å². The van der Waals surface area contributed by atoms with Crippen molar-refractivity contribution in [2.24, 2.45) is 5.92 Å². The third-order valence-electron chi connectivity index (χ3n) is 8.43. The molecule has 0 aliphatic carbocycles. The number of ether oxygens (including phenoxy) is 1. The molecule has 0 aromatic heterocycles. The number of hydrogen-bond donors (Lipinski definition) is 5. The lowest BCUT2D eigenvalue weighted by molar-refractivity contribution is -0.124. The molecule has 254 valence electrons. The quantitative estimate of drug-likeness (QED) is 0.155. The highest BCUT2D eigenvalue weighted by Gasteiger charge is 2.39. The van der Waals surface area contributed by atoms with Gasteiger partial charge in [-0.2, -0.15) is 4.31 Å². The molecular weight excluding hydrogens is 616 g/mol. The van der Waals surface area contributed by atoms with Crippen LogP contribution in [0.2, 0.25) is 0 Å². The van der Waals surface area contributed by atoms with Gasteiger partial charge in [-0.3, -0.25) is 4.79 Å². The number of alkyl carbamates (subject to hydrolysis) is 1. The van der Waals surface area contributed by atoms with Crippen molar-refractivity contribution in [2.75, 3.05) is 39.0 Å². The summed E-state index contributed by atoms with van der Waals surface area (Å²) in [6, 6.07) is 23.6. The summed E-state index contributed by atoms with van der Waals surface area (Å²) in [6.07, 6.45) is -0.000834. The fourth-order valence-corrected chi connectivity index (χ4v) is 7.57. The Morgan fingerprint density at radius 2 is 1.51 bits per heavy atom. The number of amides is 2. The summed E-state index contributed by atoms with van der Waals surface area (Å²) in [5.41, 5.74) is 8.06. The molecule has 0 bridgehead atoms. The number of anilines is 1. The van der Waals surface area contributed by atoms with Crippen LogP contribution in [-0.4, -0.2) is 82.2 Å². The van der Waals surface area contributed by atoms with Crippen molar-refractivity contribution in [2.45, 2.75) is 62.2 Å². The van der Waals surface area contributed by atoms with Gasteiger partial charge in [0, 0.05) is 49.9 Å². The average molecular weight is 665 g/mol. The van der Waals surface area contributed by atoms with E-state index in [0.717, 1.165) is 11.1 Å². The average Bonchev–Trinajstić information content (AvgIpc) is 3.52. The highest BCUT2D eigenvalue weighted by Crippen LogP contribution is 2.29. The van der Waals surface area contributed by atoms with Gasteiger partial charge < -0.3 is 31.7 Å². The lowest BCUT2D eigenvalue weighted by atomic mass is 9.84. The number of benzene rings is 3. The minimum absolute atomic E-state index is 0.199. The predicted octanol–water partition coefficient (Wildman–Crippen LogP) is 3.30. The molecule has 0 saturated carbocycles. The van der Waals surface area contributed by atoms with E-state index in [1.54, 1.807) is 28.6 Å². The summed E-state index contributed by atoms with van der Waals surface area (Å²) in [7, 11) is -2.53. The molecule has 0 radical (unpaired) electrons. The van der Waals surface area contributed by atoms with Crippen LogP contribution in [0.25, 0.3) is 0 Å². The second-order valence-corrected chi connectivity index (χ2v) is 14.3. The number of rotatable bonds is 15. The summed E-state index contributed by atoms with van der Waals surface area (Å²) in [5, 5.41) is 12.7. The predicted molar refractivity (Wildman–Crippen MR) is 184 cm³/mol. The Balaban J connectivity index is 1.50. The summed E-state index contributed by atoms with van der Waals surface area (Å²) in [5.74, 6) is -0.529. The van der Waals surface area contributed by atoms with Crippen molar-refractivity contribution in [3.63, 3.8) is 0 Å². The smallest absolute Gasteiger partial charge is 0.407 e. The molecule has 3 aromatic rings. The molecule has 1 unspecified atom stereocenters. The Hall–Kier alpha value is -3.97.